The van der Waals surface area contributed by atoms with Gasteiger partial charge in [-0.05, 0) is 47.9 Å². The number of aromatic carboxylic acids is 1. The Kier molecular flexibility index (Phi) is 3.04. The summed E-state index contributed by atoms with van der Waals surface area (Å²) in [5.74, 6) is -0.378. The summed E-state index contributed by atoms with van der Waals surface area (Å²) in [5.41, 5.74) is 3.77. The number of hydrogen-bond acceptors (Lipinski definition) is 3. The molecule has 0 amide bonds. The monoisotopic (exact) mass is 286 g/mol. The van der Waals surface area contributed by atoms with E-state index in [4.69, 9.17) is 14.3 Å². The molecule has 0 unspecified atom stereocenters. The second-order valence-electron chi connectivity index (χ2n) is 6.18. The van der Waals surface area contributed by atoms with Crippen LogP contribution in [0.4, 0.5) is 0 Å². The van der Waals surface area contributed by atoms with E-state index in [0.717, 1.165) is 18.4 Å². The first-order valence-electron chi connectivity index (χ1n) is 7.01. The largest absolute Gasteiger partial charge is 0.475 e. The van der Waals surface area contributed by atoms with Crippen LogP contribution in [0.1, 0.15) is 47.5 Å². The normalized spacial score (nSPS) is 15.8. The minimum atomic E-state index is -1.13. The predicted octanol–water partition coefficient (Wildman–Crippen LogP) is 4.30. The summed E-state index contributed by atoms with van der Waals surface area (Å²) in [5, 5.41) is 9.07. The highest BCUT2D eigenvalue weighted by Gasteiger charge is 2.31. The first-order valence-corrected chi connectivity index (χ1v) is 7.01. The van der Waals surface area contributed by atoms with Crippen molar-refractivity contribution < 1.29 is 19.1 Å². The molecule has 0 saturated heterocycles. The molecule has 0 atom stereocenters. The van der Waals surface area contributed by atoms with Crippen LogP contribution < -0.4 is 4.74 Å². The molecule has 0 radical (unpaired) electrons. The average molecular weight is 286 g/mol. The van der Waals surface area contributed by atoms with Gasteiger partial charge in [0.05, 0.1) is 6.26 Å². The Morgan fingerprint density at radius 3 is 2.81 bits per heavy atom. The van der Waals surface area contributed by atoms with Gasteiger partial charge >= 0.3 is 5.97 Å². The number of fused-ring (bicyclic) bond motifs is 1. The van der Waals surface area contributed by atoms with Crippen LogP contribution in [0, 0.1) is 6.92 Å². The zero-order valence-electron chi connectivity index (χ0n) is 12.4. The lowest BCUT2D eigenvalue weighted by atomic mass is 9.86. The molecule has 4 heteroatoms. The molecule has 1 N–H and O–H groups in total. The number of ether oxygens (including phenoxy) is 1. The van der Waals surface area contributed by atoms with Gasteiger partial charge < -0.3 is 14.3 Å². The third kappa shape index (κ3) is 2.31. The van der Waals surface area contributed by atoms with Crippen molar-refractivity contribution in [2.24, 2.45) is 0 Å². The molecular weight excluding hydrogens is 268 g/mol. The summed E-state index contributed by atoms with van der Waals surface area (Å²) in [6.07, 6.45) is 3.53. The second kappa shape index (κ2) is 4.65. The Morgan fingerprint density at radius 2 is 2.10 bits per heavy atom. The maximum absolute atomic E-state index is 11.1. The van der Waals surface area contributed by atoms with Crippen molar-refractivity contribution in [3.8, 4) is 11.5 Å². The molecule has 0 aliphatic heterocycles. The zero-order chi connectivity index (χ0) is 15.2. The van der Waals surface area contributed by atoms with Gasteiger partial charge in [0.1, 0.15) is 5.75 Å². The van der Waals surface area contributed by atoms with Gasteiger partial charge in [0.2, 0.25) is 0 Å². The Morgan fingerprint density at radius 1 is 1.33 bits per heavy atom. The highest BCUT2D eigenvalue weighted by atomic mass is 16.5. The standard InChI is InChI=1S/C17H18O4/c1-10-8-11-4-6-17(2,3)12(11)9-14(10)21-13-5-7-20-15(13)16(18)19/h5,7-9H,4,6H2,1-3H3,(H,18,19). The minimum absolute atomic E-state index is 0.132. The number of carboxylic acids is 1. The molecule has 1 aromatic heterocycles. The van der Waals surface area contributed by atoms with E-state index < -0.39 is 5.97 Å². The number of furan rings is 1. The molecule has 1 heterocycles. The maximum atomic E-state index is 11.1. The highest BCUT2D eigenvalue weighted by molar-refractivity contribution is 5.87. The van der Waals surface area contributed by atoms with Gasteiger partial charge in [-0.3, -0.25) is 0 Å². The fourth-order valence-corrected chi connectivity index (χ4v) is 2.93. The van der Waals surface area contributed by atoms with E-state index in [9.17, 15) is 4.79 Å². The topological polar surface area (TPSA) is 59.7 Å². The lowest BCUT2D eigenvalue weighted by molar-refractivity contribution is 0.0658. The number of carbonyl (C=O) groups is 1. The first kappa shape index (κ1) is 13.7. The summed E-state index contributed by atoms with van der Waals surface area (Å²) in [7, 11) is 0. The van der Waals surface area contributed by atoms with E-state index >= 15 is 0 Å². The van der Waals surface area contributed by atoms with Gasteiger partial charge in [-0.25, -0.2) is 4.79 Å². The smallest absolute Gasteiger partial charge is 0.375 e. The van der Waals surface area contributed by atoms with Crippen LogP contribution >= 0.6 is 0 Å². The summed E-state index contributed by atoms with van der Waals surface area (Å²) in [6.45, 7) is 6.42. The quantitative estimate of drug-likeness (QED) is 0.913. The van der Waals surface area contributed by atoms with Crippen molar-refractivity contribution in [3.63, 3.8) is 0 Å². The molecule has 1 aliphatic carbocycles. The lowest BCUT2D eigenvalue weighted by Crippen LogP contribution is -2.12. The predicted molar refractivity (Wildman–Crippen MR) is 78.3 cm³/mol. The average Bonchev–Trinajstić information content (AvgIpc) is 2.97. The van der Waals surface area contributed by atoms with Crippen molar-refractivity contribution in [2.45, 2.75) is 39.0 Å². The van der Waals surface area contributed by atoms with Crippen molar-refractivity contribution in [1.29, 1.82) is 0 Å². The number of rotatable bonds is 3. The molecule has 2 aromatic rings. The second-order valence-corrected chi connectivity index (χ2v) is 6.18. The summed E-state index contributed by atoms with van der Waals surface area (Å²) >= 11 is 0. The Hall–Kier alpha value is -2.23. The van der Waals surface area contributed by atoms with Crippen LogP contribution in [-0.2, 0) is 11.8 Å². The zero-order valence-corrected chi connectivity index (χ0v) is 12.4. The summed E-state index contributed by atoms with van der Waals surface area (Å²) < 4.78 is 10.7. The molecule has 0 spiro atoms. The molecule has 0 saturated carbocycles. The van der Waals surface area contributed by atoms with Crippen LogP contribution in [0.25, 0.3) is 0 Å². The van der Waals surface area contributed by atoms with E-state index in [2.05, 4.69) is 19.9 Å². The molecule has 1 aromatic carbocycles. The molecule has 0 fully saturated rings. The SMILES string of the molecule is Cc1cc2c(cc1Oc1ccoc1C(=O)O)C(C)(C)CC2. The van der Waals surface area contributed by atoms with Gasteiger partial charge in [0, 0.05) is 6.07 Å². The van der Waals surface area contributed by atoms with E-state index in [1.165, 1.54) is 23.5 Å². The van der Waals surface area contributed by atoms with Crippen molar-refractivity contribution in [2.75, 3.05) is 0 Å². The number of carboxylic acid groups (broad SMARTS) is 1. The molecule has 3 rings (SSSR count). The third-order valence-electron chi connectivity index (χ3n) is 4.19. The Labute approximate surface area is 123 Å². The maximum Gasteiger partial charge on any atom is 0.375 e. The van der Waals surface area contributed by atoms with Crippen molar-refractivity contribution >= 4 is 5.97 Å². The van der Waals surface area contributed by atoms with Gasteiger partial charge in [-0.1, -0.05) is 19.9 Å². The van der Waals surface area contributed by atoms with Crippen molar-refractivity contribution in [3.05, 3.63) is 46.9 Å². The molecule has 1 aliphatic rings. The number of hydrogen-bond donors (Lipinski definition) is 1. The van der Waals surface area contributed by atoms with Crippen LogP contribution in [0.2, 0.25) is 0 Å². The van der Waals surface area contributed by atoms with Crippen LogP contribution in [0.15, 0.2) is 28.9 Å². The summed E-state index contributed by atoms with van der Waals surface area (Å²) in [6, 6.07) is 5.71. The summed E-state index contributed by atoms with van der Waals surface area (Å²) in [4.78, 5) is 11.1. The fraction of sp³-hybridized carbons (Fsp3) is 0.353. The molecule has 21 heavy (non-hydrogen) atoms. The van der Waals surface area contributed by atoms with Gasteiger partial charge in [0.25, 0.3) is 5.76 Å². The van der Waals surface area contributed by atoms with Crippen molar-refractivity contribution in [1.82, 2.24) is 0 Å². The molecule has 4 nitrogen and oxygen atoms in total. The lowest BCUT2D eigenvalue weighted by Gasteiger charge is -2.20. The number of aryl methyl sites for hydroxylation is 2. The van der Waals surface area contributed by atoms with Crippen LogP contribution in [-0.4, -0.2) is 11.1 Å². The Balaban J connectivity index is 2.00. The van der Waals surface area contributed by atoms with E-state index in [-0.39, 0.29) is 16.9 Å². The van der Waals surface area contributed by atoms with Gasteiger partial charge in [-0.15, -0.1) is 0 Å². The fourth-order valence-electron chi connectivity index (χ4n) is 2.93. The highest BCUT2D eigenvalue weighted by Crippen LogP contribution is 2.42. The van der Waals surface area contributed by atoms with Gasteiger partial charge in [0.15, 0.2) is 5.75 Å². The molecule has 0 bridgehead atoms. The number of benzene rings is 1. The van der Waals surface area contributed by atoms with E-state index in [1.807, 2.05) is 13.0 Å². The first-order chi connectivity index (χ1) is 9.88. The van der Waals surface area contributed by atoms with Crippen LogP contribution in [0.5, 0.6) is 11.5 Å². The van der Waals surface area contributed by atoms with Crippen LogP contribution in [0.3, 0.4) is 0 Å². The third-order valence-corrected chi connectivity index (χ3v) is 4.19. The molecular formula is C17H18O4. The molecule has 110 valence electrons. The Bertz CT molecular complexity index is 710. The minimum Gasteiger partial charge on any atom is -0.475 e. The van der Waals surface area contributed by atoms with E-state index in [1.54, 1.807) is 0 Å². The van der Waals surface area contributed by atoms with E-state index in [0.29, 0.717) is 5.75 Å². The van der Waals surface area contributed by atoms with Gasteiger partial charge in [-0.2, -0.15) is 0 Å².